The minimum atomic E-state index is -3.91. The molecule has 1 aliphatic heterocycles. The topological polar surface area (TPSA) is 78.9 Å². The van der Waals surface area contributed by atoms with Gasteiger partial charge in [0.15, 0.2) is 0 Å². The molecule has 7 nitrogen and oxygen atoms in total. The number of carbonyl (C=O) groups is 1. The molecule has 1 amide bonds. The zero-order valence-corrected chi connectivity index (χ0v) is 19.0. The van der Waals surface area contributed by atoms with Gasteiger partial charge in [0.25, 0.3) is 0 Å². The van der Waals surface area contributed by atoms with Gasteiger partial charge in [0, 0.05) is 36.9 Å². The van der Waals surface area contributed by atoms with E-state index >= 15 is 0 Å². The Balaban J connectivity index is 1.61. The van der Waals surface area contributed by atoms with Crippen LogP contribution in [0.1, 0.15) is 6.92 Å². The quantitative estimate of drug-likeness (QED) is 0.700. The van der Waals surface area contributed by atoms with Crippen molar-refractivity contribution in [2.75, 3.05) is 38.2 Å². The van der Waals surface area contributed by atoms with Crippen LogP contribution >= 0.6 is 23.2 Å². The molecule has 1 atom stereocenters. The number of hydrogen-bond donors (Lipinski definition) is 1. The molecule has 3 rings (SSSR count). The van der Waals surface area contributed by atoms with Gasteiger partial charge in [-0.1, -0.05) is 29.3 Å². The van der Waals surface area contributed by atoms with Crippen LogP contribution in [0.5, 0.6) is 5.75 Å². The molecule has 0 aromatic heterocycles. The summed E-state index contributed by atoms with van der Waals surface area (Å²) in [7, 11) is -2.47. The van der Waals surface area contributed by atoms with Gasteiger partial charge in [-0.25, -0.2) is 8.42 Å². The van der Waals surface area contributed by atoms with Crippen molar-refractivity contribution in [1.29, 1.82) is 0 Å². The minimum absolute atomic E-state index is 0.0290. The molecule has 1 fully saturated rings. The molecule has 1 saturated heterocycles. The normalized spacial score (nSPS) is 15.7. The zero-order valence-electron chi connectivity index (χ0n) is 16.6. The third-order valence-electron chi connectivity index (χ3n) is 4.90. The number of rotatable bonds is 6. The number of amides is 1. The van der Waals surface area contributed by atoms with E-state index in [9.17, 15) is 13.2 Å². The first-order chi connectivity index (χ1) is 14.2. The van der Waals surface area contributed by atoms with Crippen LogP contribution in [0.4, 0.5) is 5.69 Å². The van der Waals surface area contributed by atoms with Crippen molar-refractivity contribution in [3.8, 4) is 5.75 Å². The number of sulfonamides is 1. The van der Waals surface area contributed by atoms with E-state index in [4.69, 9.17) is 27.9 Å². The summed E-state index contributed by atoms with van der Waals surface area (Å²) >= 11 is 12.1. The number of anilines is 1. The molecular formula is C20H23Cl2N3O4S. The van der Waals surface area contributed by atoms with Gasteiger partial charge in [-0.3, -0.25) is 4.79 Å². The molecule has 0 saturated carbocycles. The molecule has 162 valence electrons. The second-order valence-electron chi connectivity index (χ2n) is 6.93. The summed E-state index contributed by atoms with van der Waals surface area (Å²) in [6.45, 7) is 3.80. The van der Waals surface area contributed by atoms with Crippen LogP contribution in [-0.4, -0.2) is 58.6 Å². The lowest BCUT2D eigenvalue weighted by Gasteiger charge is -2.37. The molecule has 0 bridgehead atoms. The number of nitrogens with one attached hydrogen (secondary N) is 1. The van der Waals surface area contributed by atoms with E-state index in [0.29, 0.717) is 37.0 Å². The molecule has 0 aliphatic carbocycles. The van der Waals surface area contributed by atoms with E-state index in [0.717, 1.165) is 5.69 Å². The molecular weight excluding hydrogens is 449 g/mol. The number of halogens is 2. The highest BCUT2D eigenvalue weighted by atomic mass is 35.5. The summed E-state index contributed by atoms with van der Waals surface area (Å²) in [5, 5.41) is 0.837. The molecule has 0 unspecified atom stereocenters. The summed E-state index contributed by atoms with van der Waals surface area (Å²) in [5.41, 5.74) is 1.000. The summed E-state index contributed by atoms with van der Waals surface area (Å²) in [5.74, 6) is 0.0984. The monoisotopic (exact) mass is 471 g/mol. The van der Waals surface area contributed by atoms with Crippen LogP contribution in [0.3, 0.4) is 0 Å². The van der Waals surface area contributed by atoms with Gasteiger partial charge in [-0.05, 0) is 43.3 Å². The van der Waals surface area contributed by atoms with Gasteiger partial charge in [0.05, 0.1) is 23.1 Å². The molecule has 10 heteroatoms. The fraction of sp³-hybridized carbons (Fsp3) is 0.350. The lowest BCUT2D eigenvalue weighted by atomic mass is 10.2. The molecule has 0 radical (unpaired) electrons. The van der Waals surface area contributed by atoms with Crippen LogP contribution in [0.2, 0.25) is 10.0 Å². The molecule has 1 heterocycles. The third kappa shape index (κ3) is 5.18. The van der Waals surface area contributed by atoms with Gasteiger partial charge >= 0.3 is 0 Å². The highest BCUT2D eigenvalue weighted by Crippen LogP contribution is 2.27. The number of methoxy groups -OCH3 is 1. The number of ether oxygens (including phenoxy) is 1. The summed E-state index contributed by atoms with van der Waals surface area (Å²) in [6, 6.07) is 10.8. The highest BCUT2D eigenvalue weighted by Gasteiger charge is 2.28. The van der Waals surface area contributed by atoms with E-state index in [2.05, 4.69) is 9.62 Å². The largest absolute Gasteiger partial charge is 0.495 e. The Labute approximate surface area is 186 Å². The maximum Gasteiger partial charge on any atom is 0.241 e. The van der Waals surface area contributed by atoms with Gasteiger partial charge in [-0.2, -0.15) is 4.72 Å². The number of carbonyl (C=O) groups excluding carboxylic acids is 1. The third-order valence-corrected chi connectivity index (χ3v) is 6.97. The molecule has 2 aromatic rings. The average molecular weight is 472 g/mol. The van der Waals surface area contributed by atoms with Crippen molar-refractivity contribution in [3.05, 3.63) is 52.5 Å². The Kier molecular flexibility index (Phi) is 7.13. The average Bonchev–Trinajstić information content (AvgIpc) is 2.73. The van der Waals surface area contributed by atoms with Crippen molar-refractivity contribution in [2.24, 2.45) is 0 Å². The van der Waals surface area contributed by atoms with Crippen molar-refractivity contribution in [2.45, 2.75) is 17.9 Å². The first-order valence-electron chi connectivity index (χ1n) is 9.36. The van der Waals surface area contributed by atoms with Crippen molar-refractivity contribution in [3.63, 3.8) is 0 Å². The lowest BCUT2D eigenvalue weighted by Crippen LogP contribution is -2.54. The van der Waals surface area contributed by atoms with Gasteiger partial charge in [0.1, 0.15) is 5.75 Å². The Morgan fingerprint density at radius 1 is 1.10 bits per heavy atom. The van der Waals surface area contributed by atoms with E-state index in [1.807, 2.05) is 24.3 Å². The van der Waals surface area contributed by atoms with Crippen LogP contribution < -0.4 is 14.4 Å². The van der Waals surface area contributed by atoms with Crippen molar-refractivity contribution < 1.29 is 17.9 Å². The SMILES string of the molecule is COc1ccc(S(=O)(=O)N[C@@H](C)C(=O)N2CCN(c3cccc(Cl)c3)CC2)cc1Cl. The molecule has 2 aromatic carbocycles. The van der Waals surface area contributed by atoms with E-state index in [-0.39, 0.29) is 15.8 Å². The predicted molar refractivity (Wildman–Crippen MR) is 118 cm³/mol. The molecule has 1 N–H and O–H groups in total. The predicted octanol–water partition coefficient (Wildman–Crippen LogP) is 3.02. The number of piperazine rings is 1. The maximum absolute atomic E-state index is 12.8. The minimum Gasteiger partial charge on any atom is -0.495 e. The Morgan fingerprint density at radius 3 is 2.40 bits per heavy atom. The van der Waals surface area contributed by atoms with Gasteiger partial charge in [-0.15, -0.1) is 0 Å². The standard InChI is InChI=1S/C20H23Cl2N3O4S/c1-14(23-30(27,28)17-6-7-19(29-2)18(22)13-17)20(26)25-10-8-24(9-11-25)16-5-3-4-15(21)12-16/h3-7,12-14,23H,8-11H2,1-2H3/t14-/m0/s1. The van der Waals surface area contributed by atoms with Crippen LogP contribution in [0.15, 0.2) is 47.4 Å². The van der Waals surface area contributed by atoms with E-state index in [1.165, 1.54) is 32.2 Å². The highest BCUT2D eigenvalue weighted by molar-refractivity contribution is 7.89. The van der Waals surface area contributed by atoms with E-state index < -0.39 is 16.1 Å². The Morgan fingerprint density at radius 2 is 1.80 bits per heavy atom. The fourth-order valence-corrected chi connectivity index (χ4v) is 5.03. The first kappa shape index (κ1) is 22.7. The number of nitrogens with zero attached hydrogens (tertiary/aromatic N) is 2. The Bertz CT molecular complexity index is 1020. The first-order valence-corrected chi connectivity index (χ1v) is 11.6. The van der Waals surface area contributed by atoms with Gasteiger partial charge < -0.3 is 14.5 Å². The molecule has 30 heavy (non-hydrogen) atoms. The van der Waals surface area contributed by atoms with Crippen molar-refractivity contribution in [1.82, 2.24) is 9.62 Å². The smallest absolute Gasteiger partial charge is 0.241 e. The fourth-order valence-electron chi connectivity index (χ4n) is 3.30. The summed E-state index contributed by atoms with van der Waals surface area (Å²) in [6.07, 6.45) is 0. The number of hydrogen-bond acceptors (Lipinski definition) is 5. The second kappa shape index (κ2) is 9.43. The second-order valence-corrected chi connectivity index (χ2v) is 9.49. The van der Waals surface area contributed by atoms with Crippen molar-refractivity contribution >= 4 is 44.8 Å². The molecule has 0 spiro atoms. The lowest BCUT2D eigenvalue weighted by molar-refractivity contribution is -0.132. The summed E-state index contributed by atoms with van der Waals surface area (Å²) < 4.78 is 32.8. The van der Waals surface area contributed by atoms with Crippen LogP contribution in [0.25, 0.3) is 0 Å². The molecule has 1 aliphatic rings. The Hall–Kier alpha value is -2.00. The van der Waals surface area contributed by atoms with E-state index in [1.54, 1.807) is 4.90 Å². The van der Waals surface area contributed by atoms with Crippen LogP contribution in [-0.2, 0) is 14.8 Å². The van der Waals surface area contributed by atoms with Crippen LogP contribution in [0, 0.1) is 0 Å². The zero-order chi connectivity index (χ0) is 21.9. The number of benzene rings is 2. The summed E-state index contributed by atoms with van der Waals surface area (Å²) in [4.78, 5) is 16.6. The van der Waals surface area contributed by atoms with Gasteiger partial charge in [0.2, 0.25) is 15.9 Å². The maximum atomic E-state index is 12.8.